The van der Waals surface area contributed by atoms with Crippen LogP contribution in [-0.2, 0) is 9.59 Å². The topological polar surface area (TPSA) is 99.8 Å². The van der Waals surface area contributed by atoms with Crippen LogP contribution in [0.2, 0.25) is 0 Å². The third-order valence-corrected chi connectivity index (χ3v) is 5.02. The molecule has 32 heavy (non-hydrogen) atoms. The molecule has 8 nitrogen and oxygen atoms in total. The molecule has 0 aliphatic carbocycles. The molecule has 0 heterocycles. The molecule has 0 spiro atoms. The molecule has 2 aromatic rings. The smallest absolute Gasteiger partial charge is 0.251 e. The minimum atomic E-state index is -0.302. The molecule has 0 aromatic heterocycles. The van der Waals surface area contributed by atoms with Gasteiger partial charge in [0, 0.05) is 37.3 Å². The summed E-state index contributed by atoms with van der Waals surface area (Å²) in [5.74, 6) is -0.0790. The van der Waals surface area contributed by atoms with Crippen LogP contribution >= 0.6 is 0 Å². The standard InChI is InChI=1S/C24H32N4O4/c1-6-28(7-2)23(18-9-8-10-22(13-18)32-5)15-25-24(31)19-11-20(26-16(3)29)14-21(12-19)27-17(4)30/h8-14,23H,6-7,15H2,1-5H3,(H,25,31)(H,26,29)(H,27,30). The lowest BCUT2D eigenvalue weighted by Gasteiger charge is -2.30. The maximum atomic E-state index is 13.0. The number of carbonyl (C=O) groups excluding carboxylic acids is 3. The van der Waals surface area contributed by atoms with E-state index in [4.69, 9.17) is 4.74 Å². The van der Waals surface area contributed by atoms with E-state index in [-0.39, 0.29) is 23.8 Å². The van der Waals surface area contributed by atoms with Crippen LogP contribution in [0.1, 0.15) is 49.7 Å². The molecular weight excluding hydrogens is 408 g/mol. The van der Waals surface area contributed by atoms with Crippen molar-refractivity contribution in [3.63, 3.8) is 0 Å². The van der Waals surface area contributed by atoms with Crippen LogP contribution in [0.5, 0.6) is 5.75 Å². The lowest BCUT2D eigenvalue weighted by atomic mass is 10.0. The maximum absolute atomic E-state index is 13.0. The van der Waals surface area contributed by atoms with Gasteiger partial charge < -0.3 is 20.7 Å². The number of anilines is 2. The lowest BCUT2D eigenvalue weighted by Crippen LogP contribution is -2.38. The van der Waals surface area contributed by atoms with Crippen LogP contribution in [0, 0.1) is 0 Å². The number of ether oxygens (including phenoxy) is 1. The van der Waals surface area contributed by atoms with Gasteiger partial charge in [-0.25, -0.2) is 0 Å². The van der Waals surface area contributed by atoms with Crippen molar-refractivity contribution in [2.75, 3.05) is 37.4 Å². The average molecular weight is 441 g/mol. The Morgan fingerprint density at radius 3 is 2.03 bits per heavy atom. The number of likely N-dealkylation sites (N-methyl/N-ethyl adjacent to an activating group) is 1. The van der Waals surface area contributed by atoms with Crippen molar-refractivity contribution in [3.05, 3.63) is 53.6 Å². The Morgan fingerprint density at radius 1 is 0.938 bits per heavy atom. The van der Waals surface area contributed by atoms with Crippen molar-refractivity contribution >= 4 is 29.1 Å². The Kier molecular flexibility index (Phi) is 9.22. The molecule has 2 rings (SSSR count). The summed E-state index contributed by atoms with van der Waals surface area (Å²) in [6.07, 6.45) is 0. The Morgan fingerprint density at radius 2 is 1.53 bits per heavy atom. The van der Waals surface area contributed by atoms with Gasteiger partial charge in [0.05, 0.1) is 13.2 Å². The predicted octanol–water partition coefficient (Wildman–Crippen LogP) is 3.42. The Balaban J connectivity index is 2.27. The highest BCUT2D eigenvalue weighted by atomic mass is 16.5. The van der Waals surface area contributed by atoms with Crippen molar-refractivity contribution in [2.24, 2.45) is 0 Å². The highest BCUT2D eigenvalue weighted by Gasteiger charge is 2.20. The second kappa shape index (κ2) is 11.9. The summed E-state index contributed by atoms with van der Waals surface area (Å²) in [6.45, 7) is 8.94. The fourth-order valence-corrected chi connectivity index (χ4v) is 3.57. The number of rotatable bonds is 10. The lowest BCUT2D eigenvalue weighted by molar-refractivity contribution is -0.115. The van der Waals surface area contributed by atoms with Crippen molar-refractivity contribution < 1.29 is 19.1 Å². The zero-order valence-corrected chi connectivity index (χ0v) is 19.3. The first-order chi connectivity index (χ1) is 15.3. The summed E-state index contributed by atoms with van der Waals surface area (Å²) in [5, 5.41) is 8.32. The Bertz CT molecular complexity index is 923. The van der Waals surface area contributed by atoms with Crippen LogP contribution in [0.15, 0.2) is 42.5 Å². The van der Waals surface area contributed by atoms with Crippen LogP contribution in [0.4, 0.5) is 11.4 Å². The molecule has 0 saturated heterocycles. The number of nitrogens with one attached hydrogen (secondary N) is 3. The zero-order chi connectivity index (χ0) is 23.7. The van der Waals surface area contributed by atoms with E-state index >= 15 is 0 Å². The third-order valence-electron chi connectivity index (χ3n) is 5.02. The van der Waals surface area contributed by atoms with E-state index in [1.807, 2.05) is 24.3 Å². The van der Waals surface area contributed by atoms with Crippen molar-refractivity contribution in [1.82, 2.24) is 10.2 Å². The van der Waals surface area contributed by atoms with Gasteiger partial charge in [-0.05, 0) is 49.0 Å². The van der Waals surface area contributed by atoms with Gasteiger partial charge in [0.1, 0.15) is 5.75 Å². The van der Waals surface area contributed by atoms with Gasteiger partial charge in [0.2, 0.25) is 11.8 Å². The molecule has 1 unspecified atom stereocenters. The van der Waals surface area contributed by atoms with Crippen LogP contribution < -0.4 is 20.7 Å². The number of benzene rings is 2. The molecule has 0 bridgehead atoms. The van der Waals surface area contributed by atoms with Crippen LogP contribution in [0.25, 0.3) is 0 Å². The second-order valence-corrected chi connectivity index (χ2v) is 7.39. The van der Waals surface area contributed by atoms with E-state index in [0.29, 0.717) is 23.5 Å². The van der Waals surface area contributed by atoms with Gasteiger partial charge in [0.15, 0.2) is 0 Å². The highest BCUT2D eigenvalue weighted by Crippen LogP contribution is 2.24. The summed E-state index contributed by atoms with van der Waals surface area (Å²) in [7, 11) is 1.63. The van der Waals surface area contributed by atoms with E-state index < -0.39 is 0 Å². The minimum absolute atomic E-state index is 0.0441. The molecule has 8 heteroatoms. The van der Waals surface area contributed by atoms with E-state index in [0.717, 1.165) is 24.4 Å². The quantitative estimate of drug-likeness (QED) is 0.526. The Hall–Kier alpha value is -3.39. The van der Waals surface area contributed by atoms with Gasteiger partial charge in [-0.1, -0.05) is 26.0 Å². The third kappa shape index (κ3) is 7.09. The normalized spacial score (nSPS) is 11.6. The fourth-order valence-electron chi connectivity index (χ4n) is 3.57. The molecule has 0 aliphatic rings. The molecule has 0 aliphatic heterocycles. The minimum Gasteiger partial charge on any atom is -0.497 e. The van der Waals surface area contributed by atoms with E-state index in [1.165, 1.54) is 13.8 Å². The van der Waals surface area contributed by atoms with Crippen molar-refractivity contribution in [2.45, 2.75) is 33.7 Å². The molecular formula is C24H32N4O4. The van der Waals surface area contributed by atoms with Gasteiger partial charge in [-0.2, -0.15) is 0 Å². The molecule has 0 saturated carbocycles. The molecule has 0 radical (unpaired) electrons. The predicted molar refractivity (Wildman–Crippen MR) is 126 cm³/mol. The summed E-state index contributed by atoms with van der Waals surface area (Å²) in [6, 6.07) is 12.5. The summed E-state index contributed by atoms with van der Waals surface area (Å²) >= 11 is 0. The van der Waals surface area contributed by atoms with E-state index in [1.54, 1.807) is 25.3 Å². The van der Waals surface area contributed by atoms with Gasteiger partial charge in [-0.15, -0.1) is 0 Å². The first-order valence-electron chi connectivity index (χ1n) is 10.6. The number of hydrogen-bond donors (Lipinski definition) is 3. The molecule has 3 amide bonds. The number of carbonyl (C=O) groups is 3. The van der Waals surface area contributed by atoms with E-state index in [2.05, 4.69) is 34.7 Å². The summed E-state index contributed by atoms with van der Waals surface area (Å²) in [4.78, 5) is 38.2. The van der Waals surface area contributed by atoms with Crippen molar-refractivity contribution in [3.8, 4) is 5.75 Å². The van der Waals surface area contributed by atoms with Crippen molar-refractivity contribution in [1.29, 1.82) is 0 Å². The molecule has 2 aromatic carbocycles. The SMILES string of the molecule is CCN(CC)C(CNC(=O)c1cc(NC(C)=O)cc(NC(C)=O)c1)c1cccc(OC)c1. The van der Waals surface area contributed by atoms with E-state index in [9.17, 15) is 14.4 Å². The highest BCUT2D eigenvalue weighted by molar-refractivity contribution is 5.99. The molecule has 1 atom stereocenters. The summed E-state index contributed by atoms with van der Waals surface area (Å²) in [5.41, 5.74) is 2.24. The van der Waals surface area contributed by atoms with Gasteiger partial charge in [0.25, 0.3) is 5.91 Å². The first kappa shape index (κ1) is 24.9. The van der Waals surface area contributed by atoms with Gasteiger partial charge in [-0.3, -0.25) is 19.3 Å². The molecule has 3 N–H and O–H groups in total. The van der Waals surface area contributed by atoms with Crippen LogP contribution in [0.3, 0.4) is 0 Å². The fraction of sp³-hybridized carbons (Fsp3) is 0.375. The van der Waals surface area contributed by atoms with Crippen LogP contribution in [-0.4, -0.2) is 49.4 Å². The number of hydrogen-bond acceptors (Lipinski definition) is 5. The first-order valence-corrected chi connectivity index (χ1v) is 10.6. The maximum Gasteiger partial charge on any atom is 0.251 e. The number of methoxy groups -OCH3 is 1. The molecule has 172 valence electrons. The average Bonchev–Trinajstić information content (AvgIpc) is 2.75. The second-order valence-electron chi connectivity index (χ2n) is 7.39. The molecule has 0 fully saturated rings. The van der Waals surface area contributed by atoms with Gasteiger partial charge >= 0.3 is 0 Å². The Labute approximate surface area is 189 Å². The number of amides is 3. The number of nitrogens with zero attached hydrogens (tertiary/aromatic N) is 1. The zero-order valence-electron chi connectivity index (χ0n) is 19.3. The largest absolute Gasteiger partial charge is 0.497 e. The summed E-state index contributed by atoms with van der Waals surface area (Å²) < 4.78 is 5.36. The monoisotopic (exact) mass is 440 g/mol.